The average Bonchev–Trinajstić information content (AvgIpc) is 3.29. The maximum atomic E-state index is 12.1. The van der Waals surface area contributed by atoms with Crippen LogP contribution in [0.25, 0.3) is 10.8 Å². The second-order valence-corrected chi connectivity index (χ2v) is 6.78. The molecule has 0 aliphatic rings. The normalized spacial score (nSPS) is 10.6. The van der Waals surface area contributed by atoms with Gasteiger partial charge in [0.05, 0.1) is 35.7 Å². The lowest BCUT2D eigenvalue weighted by Gasteiger charge is -1.99. The van der Waals surface area contributed by atoms with E-state index in [2.05, 4.69) is 15.3 Å². The van der Waals surface area contributed by atoms with Crippen LogP contribution in [0, 0.1) is 0 Å². The monoisotopic (exact) mass is 377 g/mol. The standard InChI is InChI=1S/C16H15N3O4S2/c1-2-22-14(21)7-11-9-25-16(18-11)19-13(20)6-10-8-23-15(17-10)12-4-3-5-24-12/h3-5,8-9H,2,6-7H2,1H3,(H,18,19,20). The first-order valence-electron chi connectivity index (χ1n) is 7.52. The van der Waals surface area contributed by atoms with Gasteiger partial charge < -0.3 is 14.5 Å². The highest BCUT2D eigenvalue weighted by molar-refractivity contribution is 7.14. The minimum atomic E-state index is -0.339. The molecule has 3 aromatic rings. The number of thiophene rings is 1. The minimum absolute atomic E-state index is 0.0850. The lowest BCUT2D eigenvalue weighted by molar-refractivity contribution is -0.142. The number of hydrogen-bond donors (Lipinski definition) is 1. The third-order valence-corrected chi connectivity index (χ3v) is 4.72. The first kappa shape index (κ1) is 17.3. The lowest BCUT2D eigenvalue weighted by atomic mass is 10.3. The topological polar surface area (TPSA) is 94.3 Å². The van der Waals surface area contributed by atoms with Crippen LogP contribution in [0.2, 0.25) is 0 Å². The van der Waals surface area contributed by atoms with Gasteiger partial charge >= 0.3 is 5.97 Å². The molecule has 0 unspecified atom stereocenters. The van der Waals surface area contributed by atoms with Gasteiger partial charge in [0, 0.05) is 5.38 Å². The molecule has 3 rings (SSSR count). The molecule has 130 valence electrons. The van der Waals surface area contributed by atoms with E-state index in [0.717, 1.165) is 4.88 Å². The van der Waals surface area contributed by atoms with Gasteiger partial charge in [0.1, 0.15) is 6.26 Å². The van der Waals surface area contributed by atoms with E-state index in [1.807, 2.05) is 17.5 Å². The summed E-state index contributed by atoms with van der Waals surface area (Å²) in [6.45, 7) is 2.08. The molecular formula is C16H15N3O4S2. The maximum absolute atomic E-state index is 12.1. The molecule has 3 aromatic heterocycles. The fourth-order valence-electron chi connectivity index (χ4n) is 2.04. The van der Waals surface area contributed by atoms with Gasteiger partial charge in [0.2, 0.25) is 11.8 Å². The lowest BCUT2D eigenvalue weighted by Crippen LogP contribution is -2.14. The van der Waals surface area contributed by atoms with Crippen LogP contribution >= 0.6 is 22.7 Å². The van der Waals surface area contributed by atoms with Crippen molar-refractivity contribution in [1.82, 2.24) is 9.97 Å². The number of rotatable bonds is 7. The van der Waals surface area contributed by atoms with Gasteiger partial charge in [-0.3, -0.25) is 9.59 Å². The fourth-order valence-corrected chi connectivity index (χ4v) is 3.42. The average molecular weight is 377 g/mol. The Kier molecular flexibility index (Phi) is 5.56. The van der Waals surface area contributed by atoms with Crippen molar-refractivity contribution in [3.8, 4) is 10.8 Å². The molecule has 0 radical (unpaired) electrons. The maximum Gasteiger partial charge on any atom is 0.311 e. The molecule has 3 heterocycles. The Hall–Kier alpha value is -2.52. The summed E-state index contributed by atoms with van der Waals surface area (Å²) >= 11 is 2.78. The van der Waals surface area contributed by atoms with Crippen molar-refractivity contribution >= 4 is 39.7 Å². The van der Waals surface area contributed by atoms with Gasteiger partial charge in [-0.2, -0.15) is 0 Å². The van der Waals surface area contributed by atoms with Crippen LogP contribution in [0.15, 0.2) is 33.6 Å². The van der Waals surface area contributed by atoms with E-state index in [0.29, 0.717) is 29.0 Å². The number of carbonyl (C=O) groups is 2. The molecule has 0 saturated heterocycles. The van der Waals surface area contributed by atoms with Crippen LogP contribution in [-0.2, 0) is 27.2 Å². The zero-order chi connectivity index (χ0) is 17.6. The Bertz CT molecular complexity index is 855. The zero-order valence-corrected chi connectivity index (χ0v) is 15.0. The molecule has 0 saturated carbocycles. The summed E-state index contributed by atoms with van der Waals surface area (Å²) in [4.78, 5) is 32.9. The number of nitrogens with one attached hydrogen (secondary N) is 1. The van der Waals surface area contributed by atoms with E-state index in [1.54, 1.807) is 12.3 Å². The minimum Gasteiger partial charge on any atom is -0.466 e. The molecule has 0 aliphatic carbocycles. The molecule has 0 aliphatic heterocycles. The summed E-state index contributed by atoms with van der Waals surface area (Å²) in [7, 11) is 0. The molecule has 1 N–H and O–H groups in total. The summed E-state index contributed by atoms with van der Waals surface area (Å²) in [5.41, 5.74) is 1.12. The molecule has 0 fully saturated rings. The summed E-state index contributed by atoms with van der Waals surface area (Å²) in [6, 6.07) is 3.81. The number of carbonyl (C=O) groups excluding carboxylic acids is 2. The van der Waals surface area contributed by atoms with Crippen LogP contribution < -0.4 is 5.32 Å². The van der Waals surface area contributed by atoms with E-state index >= 15 is 0 Å². The van der Waals surface area contributed by atoms with Crippen molar-refractivity contribution < 1.29 is 18.7 Å². The highest BCUT2D eigenvalue weighted by atomic mass is 32.1. The second kappa shape index (κ2) is 8.04. The van der Waals surface area contributed by atoms with Crippen molar-refractivity contribution in [1.29, 1.82) is 0 Å². The van der Waals surface area contributed by atoms with E-state index < -0.39 is 0 Å². The number of ether oxygens (including phenoxy) is 1. The van der Waals surface area contributed by atoms with Crippen molar-refractivity contribution in [3.05, 3.63) is 40.5 Å². The molecule has 25 heavy (non-hydrogen) atoms. The van der Waals surface area contributed by atoms with Crippen molar-refractivity contribution in [3.63, 3.8) is 0 Å². The first-order valence-corrected chi connectivity index (χ1v) is 9.28. The second-order valence-electron chi connectivity index (χ2n) is 4.97. The molecule has 0 aromatic carbocycles. The Morgan fingerprint density at radius 3 is 2.88 bits per heavy atom. The van der Waals surface area contributed by atoms with E-state index in [1.165, 1.54) is 28.9 Å². The van der Waals surface area contributed by atoms with Crippen molar-refractivity contribution in [2.75, 3.05) is 11.9 Å². The quantitative estimate of drug-likeness (QED) is 0.636. The highest BCUT2D eigenvalue weighted by Gasteiger charge is 2.13. The van der Waals surface area contributed by atoms with Gasteiger partial charge in [-0.1, -0.05) is 6.07 Å². The Labute approximate surface area is 151 Å². The molecule has 0 spiro atoms. The van der Waals surface area contributed by atoms with Gasteiger partial charge in [0.25, 0.3) is 0 Å². The summed E-state index contributed by atoms with van der Waals surface area (Å²) in [5.74, 6) is -0.0822. The van der Waals surface area contributed by atoms with E-state index in [-0.39, 0.29) is 24.7 Å². The number of anilines is 1. The molecule has 0 bridgehead atoms. The Morgan fingerprint density at radius 1 is 1.24 bits per heavy atom. The van der Waals surface area contributed by atoms with Gasteiger partial charge in [-0.05, 0) is 18.4 Å². The van der Waals surface area contributed by atoms with Crippen LogP contribution in [0.5, 0.6) is 0 Å². The Morgan fingerprint density at radius 2 is 2.12 bits per heavy atom. The SMILES string of the molecule is CCOC(=O)Cc1csc(NC(=O)Cc2coc(-c3cccs3)n2)n1. The van der Waals surface area contributed by atoms with Crippen LogP contribution in [0.4, 0.5) is 5.13 Å². The number of nitrogens with zero attached hydrogens (tertiary/aromatic N) is 2. The highest BCUT2D eigenvalue weighted by Crippen LogP contribution is 2.24. The van der Waals surface area contributed by atoms with Gasteiger partial charge in [-0.25, -0.2) is 9.97 Å². The molecule has 7 nitrogen and oxygen atoms in total. The number of thiazole rings is 1. The van der Waals surface area contributed by atoms with E-state index in [4.69, 9.17) is 9.15 Å². The third-order valence-electron chi connectivity index (χ3n) is 3.05. The molecular weight excluding hydrogens is 362 g/mol. The smallest absolute Gasteiger partial charge is 0.311 e. The van der Waals surface area contributed by atoms with Crippen molar-refractivity contribution in [2.24, 2.45) is 0 Å². The van der Waals surface area contributed by atoms with E-state index in [9.17, 15) is 9.59 Å². The third kappa shape index (κ3) is 4.74. The summed E-state index contributed by atoms with van der Waals surface area (Å²) in [6.07, 6.45) is 1.65. The van der Waals surface area contributed by atoms with Crippen LogP contribution in [0.3, 0.4) is 0 Å². The number of amides is 1. The fraction of sp³-hybridized carbons (Fsp3) is 0.250. The number of aromatic nitrogens is 2. The number of esters is 1. The molecule has 9 heteroatoms. The molecule has 0 atom stereocenters. The largest absolute Gasteiger partial charge is 0.466 e. The van der Waals surface area contributed by atoms with Gasteiger partial charge in [0.15, 0.2) is 5.13 Å². The van der Waals surface area contributed by atoms with Crippen molar-refractivity contribution in [2.45, 2.75) is 19.8 Å². The number of hydrogen-bond acceptors (Lipinski definition) is 8. The van der Waals surface area contributed by atoms with Crippen LogP contribution in [-0.4, -0.2) is 28.5 Å². The zero-order valence-electron chi connectivity index (χ0n) is 13.4. The predicted molar refractivity (Wildman–Crippen MR) is 94.6 cm³/mol. The van der Waals surface area contributed by atoms with Crippen LogP contribution in [0.1, 0.15) is 18.3 Å². The summed E-state index contributed by atoms with van der Waals surface area (Å²) in [5, 5.41) is 6.79. The first-order chi connectivity index (χ1) is 12.1. The summed E-state index contributed by atoms with van der Waals surface area (Å²) < 4.78 is 10.3. The van der Waals surface area contributed by atoms with Gasteiger partial charge in [-0.15, -0.1) is 22.7 Å². The predicted octanol–water partition coefficient (Wildman–Crippen LogP) is 3.15. The number of oxazole rings is 1. The molecule has 1 amide bonds. The Balaban J connectivity index is 1.54.